The van der Waals surface area contributed by atoms with Crippen molar-refractivity contribution < 1.29 is 9.90 Å². The van der Waals surface area contributed by atoms with Gasteiger partial charge < -0.3 is 10.4 Å². The van der Waals surface area contributed by atoms with E-state index < -0.39 is 5.97 Å². The predicted octanol–water partition coefficient (Wildman–Crippen LogP) is 2.90. The second kappa shape index (κ2) is 6.39. The summed E-state index contributed by atoms with van der Waals surface area (Å²) < 4.78 is 0. The molecule has 0 aromatic carbocycles. The van der Waals surface area contributed by atoms with Crippen molar-refractivity contribution in [2.45, 2.75) is 52.9 Å². The lowest BCUT2D eigenvalue weighted by Crippen LogP contribution is -2.39. The Morgan fingerprint density at radius 3 is 2.47 bits per heavy atom. The number of hydrogen-bond donors (Lipinski definition) is 2. The number of aliphatic carboxylic acids is 1. The summed E-state index contributed by atoms with van der Waals surface area (Å²) in [4.78, 5) is 10.7. The van der Waals surface area contributed by atoms with E-state index in [-0.39, 0.29) is 5.92 Å². The maximum absolute atomic E-state index is 10.7. The molecule has 0 heterocycles. The molecule has 100 valence electrons. The van der Waals surface area contributed by atoms with Gasteiger partial charge in [0.25, 0.3) is 0 Å². The first-order valence-corrected chi connectivity index (χ1v) is 6.87. The number of carboxylic acids is 1. The molecule has 0 aromatic heterocycles. The van der Waals surface area contributed by atoms with Crippen LogP contribution in [0.1, 0.15) is 52.9 Å². The molecule has 3 nitrogen and oxygen atoms in total. The molecule has 1 atom stereocenters. The van der Waals surface area contributed by atoms with Crippen LogP contribution < -0.4 is 5.32 Å². The summed E-state index contributed by atoms with van der Waals surface area (Å²) in [7, 11) is 0. The fourth-order valence-electron chi connectivity index (χ4n) is 2.73. The van der Waals surface area contributed by atoms with Crippen molar-refractivity contribution in [2.24, 2.45) is 17.3 Å². The van der Waals surface area contributed by atoms with Crippen LogP contribution in [0.5, 0.6) is 0 Å². The Kier molecular flexibility index (Phi) is 5.44. The van der Waals surface area contributed by atoms with Crippen LogP contribution in [0.25, 0.3) is 0 Å². The molecule has 2 N–H and O–H groups in total. The minimum atomic E-state index is -0.715. The Morgan fingerprint density at radius 2 is 1.94 bits per heavy atom. The number of hydrogen-bond acceptors (Lipinski definition) is 2. The summed E-state index contributed by atoms with van der Waals surface area (Å²) in [6.07, 6.45) is 6.78. The van der Waals surface area contributed by atoms with Crippen molar-refractivity contribution in [3.63, 3.8) is 0 Å². The molecular formula is C14H27NO2. The van der Waals surface area contributed by atoms with Crippen molar-refractivity contribution in [2.75, 3.05) is 13.1 Å². The maximum Gasteiger partial charge on any atom is 0.307 e. The van der Waals surface area contributed by atoms with Crippen LogP contribution in [0, 0.1) is 17.3 Å². The Morgan fingerprint density at radius 1 is 1.35 bits per heavy atom. The van der Waals surface area contributed by atoms with E-state index in [1.165, 1.54) is 32.1 Å². The fourth-order valence-corrected chi connectivity index (χ4v) is 2.73. The van der Waals surface area contributed by atoms with Gasteiger partial charge in [0.2, 0.25) is 0 Å². The van der Waals surface area contributed by atoms with Crippen LogP contribution in [0.4, 0.5) is 0 Å². The summed E-state index contributed by atoms with van der Waals surface area (Å²) in [6, 6.07) is 0. The molecule has 0 radical (unpaired) electrons. The second-order valence-corrected chi connectivity index (χ2v) is 6.19. The molecule has 0 aliphatic heterocycles. The molecule has 17 heavy (non-hydrogen) atoms. The van der Waals surface area contributed by atoms with Crippen LogP contribution in [0.15, 0.2) is 0 Å². The SMILES string of the molecule is CC(CNCC(C)(C)C1CCCCC1)C(=O)O. The van der Waals surface area contributed by atoms with Crippen molar-refractivity contribution in [1.29, 1.82) is 0 Å². The summed E-state index contributed by atoms with van der Waals surface area (Å²) >= 11 is 0. The first-order chi connectivity index (χ1) is 7.93. The van der Waals surface area contributed by atoms with Crippen LogP contribution >= 0.6 is 0 Å². The molecule has 1 saturated carbocycles. The first-order valence-electron chi connectivity index (χ1n) is 6.87. The van der Waals surface area contributed by atoms with Gasteiger partial charge in [-0.3, -0.25) is 4.79 Å². The Bertz CT molecular complexity index is 245. The highest BCUT2D eigenvalue weighted by molar-refractivity contribution is 5.69. The van der Waals surface area contributed by atoms with E-state index in [4.69, 9.17) is 5.11 Å². The van der Waals surface area contributed by atoms with E-state index >= 15 is 0 Å². The molecule has 3 heteroatoms. The van der Waals surface area contributed by atoms with Gasteiger partial charge >= 0.3 is 5.97 Å². The van der Waals surface area contributed by atoms with Crippen molar-refractivity contribution in [1.82, 2.24) is 5.32 Å². The van der Waals surface area contributed by atoms with Gasteiger partial charge in [0.1, 0.15) is 0 Å². The molecule has 0 bridgehead atoms. The summed E-state index contributed by atoms with van der Waals surface area (Å²) in [5, 5.41) is 12.1. The molecule has 1 rings (SSSR count). The van der Waals surface area contributed by atoms with Crippen molar-refractivity contribution in [3.8, 4) is 0 Å². The molecule has 1 fully saturated rings. The van der Waals surface area contributed by atoms with Crippen molar-refractivity contribution in [3.05, 3.63) is 0 Å². The highest BCUT2D eigenvalue weighted by atomic mass is 16.4. The highest BCUT2D eigenvalue weighted by Gasteiger charge is 2.30. The molecular weight excluding hydrogens is 214 g/mol. The zero-order valence-corrected chi connectivity index (χ0v) is 11.5. The Labute approximate surface area is 105 Å². The van der Waals surface area contributed by atoms with Crippen molar-refractivity contribution >= 4 is 5.97 Å². The molecule has 1 aliphatic carbocycles. The predicted molar refractivity (Wildman–Crippen MR) is 70.0 cm³/mol. The standard InChI is InChI=1S/C14H27NO2/c1-11(13(16)17)9-15-10-14(2,3)12-7-5-4-6-8-12/h11-12,15H,4-10H2,1-3H3,(H,16,17). The summed E-state index contributed by atoms with van der Waals surface area (Å²) in [5.41, 5.74) is 0.290. The zero-order chi connectivity index (χ0) is 12.9. The van der Waals surface area contributed by atoms with Gasteiger partial charge in [0.15, 0.2) is 0 Å². The normalized spacial score (nSPS) is 20.2. The number of carboxylic acid groups (broad SMARTS) is 1. The highest BCUT2D eigenvalue weighted by Crippen LogP contribution is 2.37. The Balaban J connectivity index is 2.30. The van der Waals surface area contributed by atoms with Crippen LogP contribution in [0.2, 0.25) is 0 Å². The quantitative estimate of drug-likeness (QED) is 0.751. The molecule has 0 saturated heterocycles. The van der Waals surface area contributed by atoms with E-state index in [1.54, 1.807) is 6.92 Å². The topological polar surface area (TPSA) is 49.3 Å². The lowest BCUT2D eigenvalue weighted by atomic mass is 9.71. The number of nitrogens with one attached hydrogen (secondary N) is 1. The minimum absolute atomic E-state index is 0.290. The van der Waals surface area contributed by atoms with E-state index in [0.717, 1.165) is 12.5 Å². The second-order valence-electron chi connectivity index (χ2n) is 6.19. The third kappa shape index (κ3) is 4.66. The van der Waals surface area contributed by atoms with Gasteiger partial charge in [0.05, 0.1) is 5.92 Å². The first kappa shape index (κ1) is 14.5. The summed E-state index contributed by atoms with van der Waals surface area (Å²) in [5.74, 6) is -0.214. The van der Waals surface area contributed by atoms with Crippen LogP contribution in [-0.2, 0) is 4.79 Å². The van der Waals surface area contributed by atoms with Crippen LogP contribution in [-0.4, -0.2) is 24.2 Å². The minimum Gasteiger partial charge on any atom is -0.481 e. The zero-order valence-electron chi connectivity index (χ0n) is 11.5. The Hall–Kier alpha value is -0.570. The van der Waals surface area contributed by atoms with E-state index in [9.17, 15) is 4.79 Å². The largest absolute Gasteiger partial charge is 0.481 e. The van der Waals surface area contributed by atoms with Gasteiger partial charge in [-0.05, 0) is 24.2 Å². The lowest BCUT2D eigenvalue weighted by Gasteiger charge is -2.37. The number of carbonyl (C=O) groups is 1. The fraction of sp³-hybridized carbons (Fsp3) is 0.929. The van der Waals surface area contributed by atoms with Crippen LogP contribution in [0.3, 0.4) is 0 Å². The monoisotopic (exact) mass is 241 g/mol. The van der Waals surface area contributed by atoms with E-state index in [1.807, 2.05) is 0 Å². The number of rotatable bonds is 6. The molecule has 1 aliphatic rings. The van der Waals surface area contributed by atoms with Gasteiger partial charge in [-0.25, -0.2) is 0 Å². The maximum atomic E-state index is 10.7. The smallest absolute Gasteiger partial charge is 0.307 e. The third-order valence-electron chi connectivity index (χ3n) is 4.16. The average molecular weight is 241 g/mol. The average Bonchev–Trinajstić information content (AvgIpc) is 2.29. The van der Waals surface area contributed by atoms with Gasteiger partial charge in [0, 0.05) is 13.1 Å². The summed E-state index contributed by atoms with van der Waals surface area (Å²) in [6.45, 7) is 7.87. The van der Waals surface area contributed by atoms with E-state index in [2.05, 4.69) is 19.2 Å². The lowest BCUT2D eigenvalue weighted by molar-refractivity contribution is -0.141. The third-order valence-corrected chi connectivity index (χ3v) is 4.16. The molecule has 0 spiro atoms. The molecule has 0 aromatic rings. The molecule has 0 amide bonds. The molecule has 1 unspecified atom stereocenters. The van der Waals surface area contributed by atoms with Gasteiger partial charge in [-0.1, -0.05) is 40.0 Å². The van der Waals surface area contributed by atoms with E-state index in [0.29, 0.717) is 12.0 Å². The van der Waals surface area contributed by atoms with Gasteiger partial charge in [-0.2, -0.15) is 0 Å². The van der Waals surface area contributed by atoms with Gasteiger partial charge in [-0.15, -0.1) is 0 Å².